The van der Waals surface area contributed by atoms with E-state index in [9.17, 15) is 5.11 Å². The molecule has 0 aromatic heterocycles. The summed E-state index contributed by atoms with van der Waals surface area (Å²) in [5.74, 6) is 2.05. The Morgan fingerprint density at radius 1 is 1.26 bits per heavy atom. The van der Waals surface area contributed by atoms with Crippen LogP contribution < -0.4 is 20.1 Å². The fraction of sp³-hybridized carbons (Fsp3) is 0.588. The summed E-state index contributed by atoms with van der Waals surface area (Å²) >= 11 is 0. The second-order valence-electron chi connectivity index (χ2n) is 5.94. The van der Waals surface area contributed by atoms with E-state index in [2.05, 4.69) is 15.6 Å². The number of benzene rings is 1. The minimum atomic E-state index is -0.251. The highest BCUT2D eigenvalue weighted by Gasteiger charge is 2.16. The summed E-state index contributed by atoms with van der Waals surface area (Å²) in [6.45, 7) is 9.82. The van der Waals surface area contributed by atoms with Crippen molar-refractivity contribution in [2.24, 2.45) is 10.4 Å². The van der Waals surface area contributed by atoms with Crippen molar-refractivity contribution in [3.8, 4) is 11.5 Å². The average molecular weight is 323 g/mol. The van der Waals surface area contributed by atoms with Crippen LogP contribution in [0.4, 0.5) is 5.69 Å². The number of anilines is 1. The molecule has 3 N–H and O–H groups in total. The van der Waals surface area contributed by atoms with Crippen molar-refractivity contribution in [3.05, 3.63) is 18.2 Å². The molecule has 1 aromatic rings. The normalized spacial score (nSPS) is 12.0. The van der Waals surface area contributed by atoms with Gasteiger partial charge in [-0.1, -0.05) is 13.8 Å². The Hall–Kier alpha value is -1.95. The fourth-order valence-corrected chi connectivity index (χ4v) is 1.81. The highest BCUT2D eigenvalue weighted by Crippen LogP contribution is 2.30. The van der Waals surface area contributed by atoms with Gasteiger partial charge >= 0.3 is 0 Å². The van der Waals surface area contributed by atoms with E-state index in [1.54, 1.807) is 7.11 Å². The second kappa shape index (κ2) is 9.25. The van der Waals surface area contributed by atoms with Crippen LogP contribution in [0.15, 0.2) is 23.2 Å². The Morgan fingerprint density at radius 2 is 2.00 bits per heavy atom. The van der Waals surface area contributed by atoms with Crippen LogP contribution in [0.2, 0.25) is 0 Å². The summed E-state index contributed by atoms with van der Waals surface area (Å²) in [4.78, 5) is 4.53. The average Bonchev–Trinajstić information content (AvgIpc) is 2.53. The molecule has 0 unspecified atom stereocenters. The molecule has 23 heavy (non-hydrogen) atoms. The number of aliphatic hydroxyl groups excluding tert-OH is 1. The molecule has 130 valence electrons. The lowest BCUT2D eigenvalue weighted by Gasteiger charge is -2.20. The number of aliphatic hydroxyl groups is 1. The Balaban J connectivity index is 2.91. The van der Waals surface area contributed by atoms with Gasteiger partial charge in [0.25, 0.3) is 0 Å². The van der Waals surface area contributed by atoms with Gasteiger partial charge in [-0.2, -0.15) is 0 Å². The zero-order valence-corrected chi connectivity index (χ0v) is 14.8. The molecule has 0 saturated heterocycles. The van der Waals surface area contributed by atoms with Crippen LogP contribution in [0, 0.1) is 5.41 Å². The minimum absolute atomic E-state index is 0.0902. The van der Waals surface area contributed by atoms with E-state index in [4.69, 9.17) is 9.47 Å². The molecule has 0 heterocycles. The first-order chi connectivity index (χ1) is 11.0. The Morgan fingerprint density at radius 3 is 2.57 bits per heavy atom. The largest absolute Gasteiger partial charge is 0.493 e. The third-order valence-electron chi connectivity index (χ3n) is 3.16. The lowest BCUT2D eigenvalue weighted by atomic mass is 9.95. The minimum Gasteiger partial charge on any atom is -0.493 e. The van der Waals surface area contributed by atoms with Crippen molar-refractivity contribution in [2.45, 2.75) is 27.7 Å². The van der Waals surface area contributed by atoms with Crippen molar-refractivity contribution < 1.29 is 14.6 Å². The quantitative estimate of drug-likeness (QED) is 0.506. The van der Waals surface area contributed by atoms with E-state index in [-0.39, 0.29) is 12.0 Å². The molecule has 0 spiro atoms. The summed E-state index contributed by atoms with van der Waals surface area (Å²) < 4.78 is 10.9. The molecule has 0 amide bonds. The van der Waals surface area contributed by atoms with Crippen LogP contribution in [0.1, 0.15) is 27.7 Å². The molecule has 1 aromatic carbocycles. The number of guanidine groups is 1. The van der Waals surface area contributed by atoms with Gasteiger partial charge in [-0.15, -0.1) is 0 Å². The second-order valence-corrected chi connectivity index (χ2v) is 5.94. The number of hydrogen-bond donors (Lipinski definition) is 3. The molecule has 0 saturated carbocycles. The van der Waals surface area contributed by atoms with E-state index in [0.717, 1.165) is 12.2 Å². The summed E-state index contributed by atoms with van der Waals surface area (Å²) in [5.41, 5.74) is 0.606. The van der Waals surface area contributed by atoms with Crippen molar-refractivity contribution >= 4 is 11.6 Å². The standard InChI is InChI=1S/C17H29N3O3/c1-6-18-16(19-11-17(3,4)12-21)20-13-8-9-14(22-5)15(10-13)23-7-2/h8-10,21H,6-7,11-12H2,1-5H3,(H2,18,19,20). The van der Waals surface area contributed by atoms with Gasteiger partial charge < -0.3 is 25.2 Å². The van der Waals surface area contributed by atoms with E-state index in [1.165, 1.54) is 0 Å². The first-order valence-corrected chi connectivity index (χ1v) is 7.92. The van der Waals surface area contributed by atoms with E-state index < -0.39 is 0 Å². The summed E-state index contributed by atoms with van der Waals surface area (Å²) in [6, 6.07) is 5.65. The molecular formula is C17H29N3O3. The summed E-state index contributed by atoms with van der Waals surface area (Å²) in [5, 5.41) is 15.8. The van der Waals surface area contributed by atoms with Gasteiger partial charge in [0.1, 0.15) is 0 Å². The zero-order valence-electron chi connectivity index (χ0n) is 14.8. The topological polar surface area (TPSA) is 75.1 Å². The van der Waals surface area contributed by atoms with Crippen LogP contribution >= 0.6 is 0 Å². The molecule has 0 fully saturated rings. The van der Waals surface area contributed by atoms with Crippen LogP contribution in [0.5, 0.6) is 11.5 Å². The summed E-state index contributed by atoms with van der Waals surface area (Å²) in [7, 11) is 1.62. The maximum atomic E-state index is 9.34. The maximum absolute atomic E-state index is 9.34. The lowest BCUT2D eigenvalue weighted by molar-refractivity contribution is 0.167. The molecule has 6 nitrogen and oxygen atoms in total. The summed E-state index contributed by atoms with van der Waals surface area (Å²) in [6.07, 6.45) is 0. The molecule has 0 atom stereocenters. The van der Waals surface area contributed by atoms with Crippen LogP contribution in [-0.2, 0) is 0 Å². The van der Waals surface area contributed by atoms with Gasteiger partial charge in [0.2, 0.25) is 0 Å². The number of aliphatic imine (C=N–C) groups is 1. The molecule has 6 heteroatoms. The third-order valence-corrected chi connectivity index (χ3v) is 3.16. The smallest absolute Gasteiger partial charge is 0.195 e. The molecule has 0 aliphatic heterocycles. The Labute approximate surface area is 138 Å². The van der Waals surface area contributed by atoms with E-state index in [0.29, 0.717) is 30.6 Å². The molecule has 1 rings (SSSR count). The van der Waals surface area contributed by atoms with Crippen LogP contribution in [0.25, 0.3) is 0 Å². The monoisotopic (exact) mass is 323 g/mol. The third kappa shape index (κ3) is 6.36. The maximum Gasteiger partial charge on any atom is 0.195 e. The molecular weight excluding hydrogens is 294 g/mol. The molecule has 0 bridgehead atoms. The lowest BCUT2D eigenvalue weighted by Crippen LogP contribution is -2.32. The van der Waals surface area contributed by atoms with Gasteiger partial charge in [-0.3, -0.25) is 4.99 Å². The van der Waals surface area contributed by atoms with Crippen molar-refractivity contribution in [1.82, 2.24) is 5.32 Å². The van der Waals surface area contributed by atoms with E-state index >= 15 is 0 Å². The van der Waals surface area contributed by atoms with Crippen molar-refractivity contribution in [1.29, 1.82) is 0 Å². The number of ether oxygens (including phenoxy) is 2. The SMILES string of the molecule is CCNC(=NCC(C)(C)CO)Nc1ccc(OC)c(OCC)c1. The first-order valence-electron chi connectivity index (χ1n) is 7.92. The van der Waals surface area contributed by atoms with Gasteiger partial charge in [-0.05, 0) is 26.0 Å². The number of hydrogen-bond acceptors (Lipinski definition) is 4. The zero-order chi connectivity index (χ0) is 17.3. The van der Waals surface area contributed by atoms with Gasteiger partial charge in [-0.25, -0.2) is 0 Å². The Bertz CT molecular complexity index is 516. The first kappa shape index (κ1) is 19.1. The van der Waals surface area contributed by atoms with Crippen LogP contribution in [0.3, 0.4) is 0 Å². The van der Waals surface area contributed by atoms with Gasteiger partial charge in [0, 0.05) is 30.3 Å². The van der Waals surface area contributed by atoms with Crippen molar-refractivity contribution in [3.63, 3.8) is 0 Å². The Kier molecular flexibility index (Phi) is 7.68. The van der Waals surface area contributed by atoms with Gasteiger partial charge in [0.05, 0.1) is 20.3 Å². The molecule has 0 radical (unpaired) electrons. The van der Waals surface area contributed by atoms with Crippen LogP contribution in [-0.4, -0.2) is 44.5 Å². The van der Waals surface area contributed by atoms with Gasteiger partial charge in [0.15, 0.2) is 17.5 Å². The fourth-order valence-electron chi connectivity index (χ4n) is 1.81. The number of nitrogens with zero attached hydrogens (tertiary/aromatic N) is 1. The number of rotatable bonds is 8. The highest BCUT2D eigenvalue weighted by atomic mass is 16.5. The molecule has 0 aliphatic carbocycles. The number of nitrogens with one attached hydrogen (secondary N) is 2. The molecule has 0 aliphatic rings. The highest BCUT2D eigenvalue weighted by molar-refractivity contribution is 5.93. The van der Waals surface area contributed by atoms with Crippen molar-refractivity contribution in [2.75, 3.05) is 38.7 Å². The van der Waals surface area contributed by atoms with E-state index in [1.807, 2.05) is 45.9 Å². The number of methoxy groups -OCH3 is 1. The predicted molar refractivity (Wildman–Crippen MR) is 94.6 cm³/mol. The predicted octanol–water partition coefficient (Wildman–Crippen LogP) is 2.49.